The van der Waals surface area contributed by atoms with Crippen molar-refractivity contribution in [2.45, 2.75) is 18.9 Å². The summed E-state index contributed by atoms with van der Waals surface area (Å²) in [6.07, 6.45) is 1.09. The van der Waals surface area contributed by atoms with Crippen molar-refractivity contribution in [3.63, 3.8) is 0 Å². The van der Waals surface area contributed by atoms with Crippen molar-refractivity contribution >= 4 is 0 Å². The molecule has 0 aliphatic heterocycles. The molecule has 0 amide bonds. The first-order chi connectivity index (χ1) is 5.84. The Balaban J connectivity index is 2.55. The fourth-order valence-electron chi connectivity index (χ4n) is 1.06. The summed E-state index contributed by atoms with van der Waals surface area (Å²) in [5.74, 6) is 0. The summed E-state index contributed by atoms with van der Waals surface area (Å²) in [6.45, 7) is 0. The van der Waals surface area contributed by atoms with Crippen molar-refractivity contribution in [1.82, 2.24) is 5.73 Å². The summed E-state index contributed by atoms with van der Waals surface area (Å²) in [6, 6.07) is 11.4. The van der Waals surface area contributed by atoms with Gasteiger partial charge in [-0.05, 0) is 12.0 Å². The zero-order valence-electron chi connectivity index (χ0n) is 6.83. The predicted molar refractivity (Wildman–Crippen MR) is 47.1 cm³/mol. The van der Waals surface area contributed by atoms with Crippen molar-refractivity contribution < 1.29 is 0 Å². The molecule has 0 saturated heterocycles. The van der Waals surface area contributed by atoms with Crippen LogP contribution in [0.15, 0.2) is 30.3 Å². The second kappa shape index (κ2) is 4.53. The Morgan fingerprint density at radius 2 is 2.00 bits per heavy atom. The van der Waals surface area contributed by atoms with Crippen LogP contribution in [-0.2, 0) is 0 Å². The van der Waals surface area contributed by atoms with Crippen LogP contribution >= 0.6 is 0 Å². The standard InChI is InChI=1S/C10H11N2/c11-8-4-7-10(12)9-5-2-1-3-6-9/h1-3,5-6,10,12H,4,7H2. The normalized spacial score (nSPS) is 12.0. The molecule has 12 heavy (non-hydrogen) atoms. The van der Waals surface area contributed by atoms with Gasteiger partial charge in [-0.15, -0.1) is 0 Å². The van der Waals surface area contributed by atoms with E-state index in [-0.39, 0.29) is 6.04 Å². The highest BCUT2D eigenvalue weighted by Gasteiger charge is 2.04. The molecule has 0 spiro atoms. The fourth-order valence-corrected chi connectivity index (χ4v) is 1.06. The number of rotatable bonds is 3. The molecular formula is C10H11N2. The zero-order valence-corrected chi connectivity index (χ0v) is 6.83. The van der Waals surface area contributed by atoms with Gasteiger partial charge >= 0.3 is 0 Å². The molecule has 0 aliphatic rings. The predicted octanol–water partition coefficient (Wildman–Crippen LogP) is 2.31. The van der Waals surface area contributed by atoms with E-state index in [0.717, 1.165) is 5.56 Å². The third-order valence-electron chi connectivity index (χ3n) is 1.75. The average molecular weight is 159 g/mol. The third kappa shape index (κ3) is 2.37. The average Bonchev–Trinajstić information content (AvgIpc) is 2.15. The summed E-state index contributed by atoms with van der Waals surface area (Å²) in [5, 5.41) is 8.33. The van der Waals surface area contributed by atoms with E-state index in [1.54, 1.807) is 0 Å². The van der Waals surface area contributed by atoms with E-state index in [9.17, 15) is 0 Å². The van der Waals surface area contributed by atoms with Gasteiger partial charge in [0.2, 0.25) is 0 Å². The summed E-state index contributed by atoms with van der Waals surface area (Å²) in [5.41, 5.74) is 8.66. The van der Waals surface area contributed by atoms with Crippen molar-refractivity contribution in [3.05, 3.63) is 35.9 Å². The minimum Gasteiger partial charge on any atom is -0.250 e. The van der Waals surface area contributed by atoms with Crippen molar-refractivity contribution in [2.24, 2.45) is 0 Å². The first kappa shape index (κ1) is 8.76. The minimum absolute atomic E-state index is 0.245. The van der Waals surface area contributed by atoms with Crippen LogP contribution in [-0.4, -0.2) is 0 Å². The van der Waals surface area contributed by atoms with Crippen LogP contribution in [0.4, 0.5) is 0 Å². The topological polar surface area (TPSA) is 47.6 Å². The lowest BCUT2D eigenvalue weighted by atomic mass is 10.0. The van der Waals surface area contributed by atoms with Crippen LogP contribution in [0.5, 0.6) is 0 Å². The molecule has 2 nitrogen and oxygen atoms in total. The maximum Gasteiger partial charge on any atom is 0.0622 e. The largest absolute Gasteiger partial charge is 0.250 e. The zero-order chi connectivity index (χ0) is 8.81. The lowest BCUT2D eigenvalue weighted by Crippen LogP contribution is -1.98. The van der Waals surface area contributed by atoms with Gasteiger partial charge in [0.25, 0.3) is 0 Å². The van der Waals surface area contributed by atoms with Gasteiger partial charge in [0.1, 0.15) is 0 Å². The Kier molecular flexibility index (Phi) is 3.31. The summed E-state index contributed by atoms with van der Waals surface area (Å²) in [7, 11) is 0. The second-order valence-electron chi connectivity index (χ2n) is 2.66. The van der Waals surface area contributed by atoms with Crippen LogP contribution in [0.1, 0.15) is 24.4 Å². The van der Waals surface area contributed by atoms with E-state index < -0.39 is 0 Å². The molecule has 0 bridgehead atoms. The van der Waals surface area contributed by atoms with E-state index in [0.29, 0.717) is 12.8 Å². The van der Waals surface area contributed by atoms with Crippen LogP contribution in [0.3, 0.4) is 0 Å². The van der Waals surface area contributed by atoms with Gasteiger partial charge in [0, 0.05) is 12.5 Å². The van der Waals surface area contributed by atoms with E-state index in [2.05, 4.69) is 0 Å². The Bertz CT molecular complexity index is 261. The number of hydrogen-bond acceptors (Lipinski definition) is 1. The van der Waals surface area contributed by atoms with Crippen molar-refractivity contribution in [1.29, 1.82) is 5.26 Å². The summed E-state index contributed by atoms with van der Waals surface area (Å²) in [4.78, 5) is 0. The molecular weight excluding hydrogens is 148 g/mol. The van der Waals surface area contributed by atoms with E-state index >= 15 is 0 Å². The molecule has 1 atom stereocenters. The molecule has 1 unspecified atom stereocenters. The molecule has 0 heterocycles. The van der Waals surface area contributed by atoms with Crippen LogP contribution in [0.2, 0.25) is 0 Å². The van der Waals surface area contributed by atoms with Crippen LogP contribution < -0.4 is 5.73 Å². The molecule has 1 rings (SSSR count). The second-order valence-corrected chi connectivity index (χ2v) is 2.66. The van der Waals surface area contributed by atoms with E-state index in [4.69, 9.17) is 11.0 Å². The highest BCUT2D eigenvalue weighted by atomic mass is 14.6. The van der Waals surface area contributed by atoms with Crippen molar-refractivity contribution in [3.8, 4) is 6.07 Å². The molecule has 0 aliphatic carbocycles. The Hall–Kier alpha value is -1.33. The molecule has 61 valence electrons. The molecule has 0 aromatic heterocycles. The first-order valence-electron chi connectivity index (χ1n) is 3.97. The Morgan fingerprint density at radius 1 is 1.33 bits per heavy atom. The van der Waals surface area contributed by atoms with Crippen LogP contribution in [0, 0.1) is 11.3 Å². The fraction of sp³-hybridized carbons (Fsp3) is 0.300. The molecule has 0 fully saturated rings. The van der Waals surface area contributed by atoms with Crippen molar-refractivity contribution in [2.75, 3.05) is 0 Å². The van der Waals surface area contributed by atoms with E-state index in [1.165, 1.54) is 0 Å². The SMILES string of the molecule is N#CCCC([NH])c1ccccc1. The van der Waals surface area contributed by atoms with Gasteiger partial charge in [-0.1, -0.05) is 30.3 Å². The molecule has 1 radical (unpaired) electrons. The summed E-state index contributed by atoms with van der Waals surface area (Å²) < 4.78 is 0. The highest BCUT2D eigenvalue weighted by Crippen LogP contribution is 2.15. The van der Waals surface area contributed by atoms with Gasteiger partial charge in [0.15, 0.2) is 0 Å². The van der Waals surface area contributed by atoms with Gasteiger partial charge in [0.05, 0.1) is 6.07 Å². The summed E-state index contributed by atoms with van der Waals surface area (Å²) >= 11 is 0. The quantitative estimate of drug-likeness (QED) is 0.667. The lowest BCUT2D eigenvalue weighted by molar-refractivity contribution is 0.645. The molecule has 1 aromatic carbocycles. The maximum atomic E-state index is 8.33. The highest BCUT2D eigenvalue weighted by molar-refractivity contribution is 5.18. The molecule has 0 saturated carbocycles. The van der Waals surface area contributed by atoms with E-state index in [1.807, 2.05) is 36.4 Å². The maximum absolute atomic E-state index is 8.33. The molecule has 1 aromatic rings. The van der Waals surface area contributed by atoms with Crippen LogP contribution in [0.25, 0.3) is 0 Å². The van der Waals surface area contributed by atoms with Gasteiger partial charge in [-0.25, -0.2) is 5.73 Å². The Labute approximate surface area is 72.6 Å². The van der Waals surface area contributed by atoms with Gasteiger partial charge in [-0.3, -0.25) is 0 Å². The number of benzene rings is 1. The lowest BCUT2D eigenvalue weighted by Gasteiger charge is -2.07. The Morgan fingerprint density at radius 3 is 2.58 bits per heavy atom. The number of nitrogens with one attached hydrogen (secondary N) is 1. The third-order valence-corrected chi connectivity index (χ3v) is 1.75. The molecule has 2 heteroatoms. The number of nitrogens with zero attached hydrogens (tertiary/aromatic N) is 1. The van der Waals surface area contributed by atoms with Gasteiger partial charge < -0.3 is 0 Å². The monoisotopic (exact) mass is 159 g/mol. The number of nitriles is 1. The van der Waals surface area contributed by atoms with Gasteiger partial charge in [-0.2, -0.15) is 5.26 Å². The smallest absolute Gasteiger partial charge is 0.0622 e. The first-order valence-corrected chi connectivity index (χ1v) is 3.97. The minimum atomic E-state index is -0.245. The number of hydrogen-bond donors (Lipinski definition) is 0. The molecule has 1 N–H and O–H groups in total.